The van der Waals surface area contributed by atoms with Crippen LogP contribution in [0.25, 0.3) is 121 Å². The number of para-hydroxylation sites is 1. The van der Waals surface area contributed by atoms with Crippen LogP contribution in [0, 0.1) is 0 Å². The average Bonchev–Trinajstić information content (AvgIpc) is 1.06. The van der Waals surface area contributed by atoms with Crippen molar-refractivity contribution in [2.75, 3.05) is 0 Å². The fourth-order valence-corrected chi connectivity index (χ4v) is 6.90. The van der Waals surface area contributed by atoms with E-state index in [0.717, 1.165) is 0 Å². The van der Waals surface area contributed by atoms with Crippen molar-refractivity contribution in [1.82, 2.24) is 0 Å². The molecule has 0 spiro atoms. The smallest absolute Gasteiger partial charge is 0.136 e. The maximum atomic E-state index is 10.0. The summed E-state index contributed by atoms with van der Waals surface area (Å²) in [6.07, 6.45) is 0. The second-order valence-corrected chi connectivity index (χ2v) is 12.3. The van der Waals surface area contributed by atoms with E-state index in [1.165, 1.54) is 0 Å². The minimum Gasteiger partial charge on any atom is -0.456 e. The van der Waals surface area contributed by atoms with E-state index in [1.807, 2.05) is 0 Å². The highest BCUT2D eigenvalue weighted by atomic mass is 16.3. The molecule has 0 unspecified atom stereocenters. The van der Waals surface area contributed by atoms with Gasteiger partial charge in [-0.3, -0.25) is 0 Å². The summed E-state index contributed by atoms with van der Waals surface area (Å²) in [7, 11) is 0. The van der Waals surface area contributed by atoms with Crippen molar-refractivity contribution in [2.45, 2.75) is 0 Å². The van der Waals surface area contributed by atoms with Crippen LogP contribution in [-0.4, -0.2) is 0 Å². The molecule has 0 aliphatic heterocycles. The average molecular weight is 745 g/mol. The van der Waals surface area contributed by atoms with Gasteiger partial charge < -0.3 is 8.83 Å². The maximum absolute atomic E-state index is 10.0. The molecule has 12 rings (SSSR count). The van der Waals surface area contributed by atoms with E-state index in [9.17, 15) is 21.9 Å². The van der Waals surface area contributed by atoms with E-state index < -0.39 is 298 Å². The van der Waals surface area contributed by atoms with Crippen LogP contribution in [0.1, 0.15) is 43.9 Å². The topological polar surface area (TPSA) is 26.3 Å². The molecule has 2 heteroatoms. The van der Waals surface area contributed by atoms with Crippen molar-refractivity contribution in [1.29, 1.82) is 0 Å². The van der Waals surface area contributed by atoms with Crippen molar-refractivity contribution in [3.05, 3.63) is 193 Å². The SMILES string of the molecule is [2H]c1c([2H])c([2H])c(-c2c([2H])c([2H])c(-c3c4c([2H])c([2H])c([2H])c([2H])c4c(-c4c([2H])c([2H])c5c(-c6c([2H])c([2H])c7c(oc8c([2H])c([2H])c9oc%10c([2H])c([2H])c([2H])c([2H])c%10c9c87)c6[2H])c([2H])c([2H])c([2H])c5c4[2H])c4c([2H])c([2H])c([2H])c([2H])c34)c([2H])c2[2H])c([2H])c1[2H]. The maximum Gasteiger partial charge on any atom is 0.136 e. The lowest BCUT2D eigenvalue weighted by Crippen LogP contribution is -1.91. The number of benzene rings is 10. The molecule has 2 aromatic heterocycles. The molecular weight excluding hydrogens is 681 g/mol. The first kappa shape index (κ1) is 13.1. The summed E-state index contributed by atoms with van der Waals surface area (Å²) in [5, 5.41) is -6.13. The highest BCUT2D eigenvalue weighted by molar-refractivity contribution is 6.26. The largest absolute Gasteiger partial charge is 0.456 e. The van der Waals surface area contributed by atoms with E-state index in [4.69, 9.17) is 30.8 Å². The first-order valence-corrected chi connectivity index (χ1v) is 16.6. The lowest BCUT2D eigenvalue weighted by Gasteiger charge is -2.18. The second kappa shape index (κ2) is 12.0. The molecule has 12 aromatic rings. The molecule has 2 heterocycles. The monoisotopic (exact) mass is 744 g/mol. The number of rotatable bonds is 4. The first-order chi connectivity index (χ1) is 41.1. The zero-order valence-corrected chi connectivity index (χ0v) is 27.8. The molecule has 0 radical (unpaired) electrons. The summed E-state index contributed by atoms with van der Waals surface area (Å²) in [6, 6.07) is -30.7. The van der Waals surface area contributed by atoms with Crippen LogP contribution >= 0.6 is 0 Å². The van der Waals surface area contributed by atoms with Crippen molar-refractivity contribution in [3.8, 4) is 44.5 Å². The van der Waals surface area contributed by atoms with E-state index in [-0.39, 0.29) is 16.2 Å². The Morgan fingerprint density at radius 1 is 0.286 bits per heavy atom. The molecule has 0 atom stereocenters. The standard InChI is InChI=1S/C54H32O2/c1-2-11-33(12-3-1)34-21-23-35(24-22-34)51-41-14-4-6-16-43(41)52(44-17-7-5-15-42(44)51)38-26-27-40-36(31-38)13-10-19-39(40)37-25-28-46-50(32-37)56-49-30-29-48-53(54(46)49)45-18-8-9-20-47(45)55-48/h1-32H/i1D,2D,3D,4D,5D,6D,7D,8D,9D,10D,11D,12D,13D,14D,15D,16D,17D,18D,19D,20D,21D,22D,23D,24D,25D,26D,27D,28D,29D,30D,31D,32D. The lowest BCUT2D eigenvalue weighted by atomic mass is 9.85. The quantitative estimate of drug-likeness (QED) is 0.168. The minimum absolute atomic E-state index is 0.246. The van der Waals surface area contributed by atoms with E-state index in [1.54, 1.807) is 0 Å². The molecule has 0 aliphatic carbocycles. The Hall–Kier alpha value is -7.42. The van der Waals surface area contributed by atoms with Gasteiger partial charge in [0.05, 0.1) is 43.9 Å². The van der Waals surface area contributed by atoms with Crippen LogP contribution in [0.2, 0.25) is 0 Å². The Kier molecular flexibility index (Phi) is 2.82. The zero-order chi connectivity index (χ0) is 64.6. The molecule has 0 fully saturated rings. The predicted molar refractivity (Wildman–Crippen MR) is 235 cm³/mol. The summed E-state index contributed by atoms with van der Waals surface area (Å²) in [6.45, 7) is 0. The Balaban J connectivity index is 1.24. The fourth-order valence-electron chi connectivity index (χ4n) is 6.90. The summed E-state index contributed by atoms with van der Waals surface area (Å²) in [5.41, 5.74) is -8.64. The van der Waals surface area contributed by atoms with Gasteiger partial charge in [0.1, 0.15) is 22.3 Å². The number of hydrogen-bond acceptors (Lipinski definition) is 2. The van der Waals surface area contributed by atoms with Gasteiger partial charge in [0, 0.05) is 21.5 Å². The highest BCUT2D eigenvalue weighted by Gasteiger charge is 2.19. The van der Waals surface area contributed by atoms with Crippen molar-refractivity contribution in [3.63, 3.8) is 0 Å². The van der Waals surface area contributed by atoms with Crippen LogP contribution in [0.4, 0.5) is 0 Å². The molecule has 0 bridgehead atoms. The molecule has 0 saturated carbocycles. The van der Waals surface area contributed by atoms with Gasteiger partial charge in [-0.2, -0.15) is 0 Å². The molecule has 2 nitrogen and oxygen atoms in total. The number of furan rings is 2. The normalized spacial score (nSPS) is 19.9. The van der Waals surface area contributed by atoms with E-state index in [2.05, 4.69) is 0 Å². The van der Waals surface area contributed by atoms with E-state index >= 15 is 0 Å². The molecular formula is C54H32O2. The molecule has 0 saturated heterocycles. The third-order valence-electron chi connectivity index (χ3n) is 9.27. The van der Waals surface area contributed by atoms with Gasteiger partial charge in [-0.1, -0.05) is 157 Å². The minimum atomic E-state index is -1.15. The molecule has 260 valence electrons. The molecule has 0 N–H and O–H groups in total. The van der Waals surface area contributed by atoms with E-state index in [0.29, 0.717) is 0 Å². The van der Waals surface area contributed by atoms with Crippen molar-refractivity contribution >= 4 is 76.2 Å². The number of fused-ring (bicyclic) bond motifs is 10. The zero-order valence-electron chi connectivity index (χ0n) is 59.8. The van der Waals surface area contributed by atoms with Gasteiger partial charge in [-0.05, 0) is 113 Å². The van der Waals surface area contributed by atoms with Crippen LogP contribution in [0.5, 0.6) is 0 Å². The van der Waals surface area contributed by atoms with Crippen LogP contribution < -0.4 is 0 Å². The first-order valence-electron chi connectivity index (χ1n) is 32.6. The molecule has 10 aromatic carbocycles. The molecule has 0 aliphatic rings. The summed E-state index contributed by atoms with van der Waals surface area (Å²) in [4.78, 5) is 0. The second-order valence-electron chi connectivity index (χ2n) is 12.3. The van der Waals surface area contributed by atoms with Gasteiger partial charge in [0.25, 0.3) is 0 Å². The fraction of sp³-hybridized carbons (Fsp3) is 0. The Labute approximate surface area is 367 Å². The Morgan fingerprint density at radius 2 is 0.786 bits per heavy atom. The lowest BCUT2D eigenvalue weighted by molar-refractivity contribution is 0.663. The number of hydrogen-bond donors (Lipinski definition) is 0. The highest BCUT2D eigenvalue weighted by Crippen LogP contribution is 2.46. The Morgan fingerprint density at radius 3 is 1.48 bits per heavy atom. The molecule has 56 heavy (non-hydrogen) atoms. The van der Waals surface area contributed by atoms with Gasteiger partial charge in [0.2, 0.25) is 0 Å². The van der Waals surface area contributed by atoms with Gasteiger partial charge in [0.15, 0.2) is 0 Å². The summed E-state index contributed by atoms with van der Waals surface area (Å²) in [5.74, 6) is 0. The van der Waals surface area contributed by atoms with Crippen LogP contribution in [0.15, 0.2) is 202 Å². The third kappa shape index (κ3) is 4.63. The third-order valence-corrected chi connectivity index (χ3v) is 9.27. The van der Waals surface area contributed by atoms with Gasteiger partial charge in [-0.15, -0.1) is 0 Å². The summed E-state index contributed by atoms with van der Waals surface area (Å²) < 4.78 is 302. The molecule has 0 amide bonds. The van der Waals surface area contributed by atoms with Gasteiger partial charge in [-0.25, -0.2) is 0 Å². The predicted octanol–water partition coefficient (Wildman–Crippen LogP) is 15.6. The van der Waals surface area contributed by atoms with Crippen LogP contribution in [0.3, 0.4) is 0 Å². The Bertz CT molecular complexity index is 5270. The van der Waals surface area contributed by atoms with Gasteiger partial charge >= 0.3 is 0 Å². The van der Waals surface area contributed by atoms with Crippen molar-refractivity contribution < 1.29 is 52.7 Å². The summed E-state index contributed by atoms with van der Waals surface area (Å²) >= 11 is 0. The van der Waals surface area contributed by atoms with Crippen LogP contribution in [-0.2, 0) is 0 Å². The van der Waals surface area contributed by atoms with Crippen molar-refractivity contribution in [2.24, 2.45) is 0 Å².